The van der Waals surface area contributed by atoms with Crippen molar-refractivity contribution in [3.63, 3.8) is 0 Å². The van der Waals surface area contributed by atoms with Crippen molar-refractivity contribution in [3.8, 4) is 11.1 Å². The second kappa shape index (κ2) is 11.9. The first-order valence-electron chi connectivity index (χ1n) is 12.5. The fraction of sp³-hybridized carbons (Fsp3) is 0.0588. The maximum Gasteiger partial charge on any atom is -1.00 e. The van der Waals surface area contributed by atoms with Crippen molar-refractivity contribution in [2.24, 2.45) is 0 Å². The van der Waals surface area contributed by atoms with Crippen LogP contribution in [-0.4, -0.2) is 0 Å². The molecule has 0 aromatic heterocycles. The Bertz CT molecular complexity index is 1500. The Labute approximate surface area is 250 Å². The summed E-state index contributed by atoms with van der Waals surface area (Å²) in [5, 5.41) is 4.56. The van der Waals surface area contributed by atoms with Gasteiger partial charge in [-0.1, -0.05) is 0 Å². The molecule has 7 rings (SSSR count). The van der Waals surface area contributed by atoms with Gasteiger partial charge < -0.3 is 24.8 Å². The minimum atomic E-state index is -0.996. The quantitative estimate of drug-likeness (QED) is 0.263. The van der Waals surface area contributed by atoms with Crippen LogP contribution in [0.2, 0.25) is 0 Å². The van der Waals surface area contributed by atoms with Crippen molar-refractivity contribution in [1.82, 2.24) is 0 Å². The molecule has 0 bridgehead atoms. The summed E-state index contributed by atoms with van der Waals surface area (Å²) in [5.74, 6) is 0. The van der Waals surface area contributed by atoms with Gasteiger partial charge in [0.25, 0.3) is 0 Å². The second-order valence-corrected chi connectivity index (χ2v) is 15.3. The summed E-state index contributed by atoms with van der Waals surface area (Å²) in [7, 11) is -0.589. The predicted octanol–water partition coefficient (Wildman–Crippen LogP) is 2.08. The summed E-state index contributed by atoms with van der Waals surface area (Å²) in [5.41, 5.74) is 8.99. The van der Waals surface area contributed by atoms with Crippen LogP contribution < -0.4 is 35.4 Å². The van der Waals surface area contributed by atoms with Gasteiger partial charge in [-0.3, -0.25) is 0 Å². The molecule has 0 saturated heterocycles. The first-order chi connectivity index (χ1) is 17.9. The van der Waals surface area contributed by atoms with Crippen LogP contribution in [0.25, 0.3) is 17.2 Å². The van der Waals surface area contributed by atoms with Crippen LogP contribution in [0.4, 0.5) is 0 Å². The van der Waals surface area contributed by atoms with Crippen molar-refractivity contribution in [1.29, 1.82) is 0 Å². The topological polar surface area (TPSA) is 0 Å². The molecule has 0 N–H and O–H groups in total. The maximum atomic E-state index is 2.55. The Hall–Kier alpha value is -2.27. The zero-order chi connectivity index (χ0) is 23.9. The third-order valence-electron chi connectivity index (χ3n) is 7.36. The van der Waals surface area contributed by atoms with Gasteiger partial charge in [0.2, 0.25) is 0 Å². The maximum absolute atomic E-state index is 2.55. The molecule has 0 heterocycles. The third-order valence-corrected chi connectivity index (χ3v) is 15.2. The average Bonchev–Trinajstić information content (AvgIpc) is 3.46. The van der Waals surface area contributed by atoms with Gasteiger partial charge in [-0.25, -0.2) is 0 Å². The molecule has 38 heavy (non-hydrogen) atoms. The molecule has 0 fully saturated rings. The molecule has 0 spiro atoms. The number of benzene rings is 5. The van der Waals surface area contributed by atoms with Crippen LogP contribution >= 0.6 is 7.92 Å². The Kier molecular flexibility index (Phi) is 8.52. The van der Waals surface area contributed by atoms with Crippen molar-refractivity contribution >= 4 is 24.6 Å². The molecule has 0 amide bonds. The van der Waals surface area contributed by atoms with E-state index in [1.54, 1.807) is 22.0 Å². The largest absolute Gasteiger partial charge is 1.00 e. The predicted molar refractivity (Wildman–Crippen MR) is 150 cm³/mol. The Morgan fingerprint density at radius 3 is 1.45 bits per heavy atom. The van der Waals surface area contributed by atoms with Gasteiger partial charge >= 0.3 is 227 Å². The normalized spacial score (nSPS) is 14.9. The van der Waals surface area contributed by atoms with Gasteiger partial charge in [-0.2, -0.15) is 0 Å². The summed E-state index contributed by atoms with van der Waals surface area (Å²) in [6.07, 6.45) is 2.55. The molecular formula is C34H25Cl2PZr. The molecule has 4 heteroatoms. The molecule has 0 aliphatic heterocycles. The Morgan fingerprint density at radius 1 is 0.447 bits per heavy atom. The minimum Gasteiger partial charge on any atom is -1.00 e. The van der Waals surface area contributed by atoms with E-state index in [0.29, 0.717) is 7.25 Å². The summed E-state index contributed by atoms with van der Waals surface area (Å²) in [6.45, 7) is 0. The molecule has 1 atom stereocenters. The monoisotopic (exact) mass is 624 g/mol. The molecule has 1 unspecified atom stereocenters. The number of halogens is 2. The molecular weight excluding hydrogens is 601 g/mol. The van der Waals surface area contributed by atoms with E-state index in [2.05, 4.69) is 140 Å². The number of rotatable bonds is 5. The molecule has 184 valence electrons. The van der Waals surface area contributed by atoms with E-state index in [1.165, 1.54) is 27.3 Å². The van der Waals surface area contributed by atoms with Crippen LogP contribution in [0.5, 0.6) is 0 Å². The molecule has 5 aromatic rings. The molecule has 0 radical (unpaired) electrons. The molecule has 0 saturated carbocycles. The SMILES string of the molecule is C1=C(P(c2ccccc2)c2ccccc2)[CH]([Zr+2][CH]2c3ccccc3-c3ccccc32)c2ccccc21.[Cl-].[Cl-]. The van der Waals surface area contributed by atoms with E-state index in [1.807, 2.05) is 0 Å². The number of hydrogen-bond donors (Lipinski definition) is 0. The van der Waals surface area contributed by atoms with Gasteiger partial charge in [-0.15, -0.1) is 0 Å². The fourth-order valence-corrected chi connectivity index (χ4v) is 14.3. The third kappa shape index (κ3) is 4.80. The van der Waals surface area contributed by atoms with E-state index in [9.17, 15) is 0 Å². The van der Waals surface area contributed by atoms with E-state index < -0.39 is 31.2 Å². The summed E-state index contributed by atoms with van der Waals surface area (Å²) in [6, 6.07) is 49.9. The standard InChI is InChI=1S/C21H16P.C13H9.2ClH.Zr/c1-3-11-19(12-4-1)22(20-13-5-2-6-14-20)21-15-17-9-7-8-10-18(17)16-21;1-3-7-12-10(5-1)9-11-6-2-4-8-13(11)12;;;/h1-16H;1-9H;2*1H;/q;;;;+2/p-2. The van der Waals surface area contributed by atoms with Crippen LogP contribution in [0.1, 0.15) is 29.5 Å². The molecule has 2 aliphatic rings. The van der Waals surface area contributed by atoms with Gasteiger partial charge in [0.05, 0.1) is 0 Å². The second-order valence-electron chi connectivity index (χ2n) is 9.41. The van der Waals surface area contributed by atoms with Gasteiger partial charge in [0, 0.05) is 0 Å². The van der Waals surface area contributed by atoms with Gasteiger partial charge in [0.1, 0.15) is 0 Å². The fourth-order valence-electron chi connectivity index (χ4n) is 5.78. The van der Waals surface area contributed by atoms with E-state index in [0.717, 1.165) is 0 Å². The van der Waals surface area contributed by atoms with Crippen LogP contribution in [-0.2, 0) is 23.2 Å². The van der Waals surface area contributed by atoms with E-state index in [4.69, 9.17) is 0 Å². The van der Waals surface area contributed by atoms with E-state index in [-0.39, 0.29) is 24.8 Å². The molecule has 2 aliphatic carbocycles. The van der Waals surface area contributed by atoms with Crippen LogP contribution in [0.3, 0.4) is 0 Å². The summed E-state index contributed by atoms with van der Waals surface area (Å²) < 4.78 is 1.13. The molecule has 0 nitrogen and oxygen atoms in total. The van der Waals surface area contributed by atoms with Gasteiger partial charge in [0.15, 0.2) is 0 Å². The number of hydrogen-bond acceptors (Lipinski definition) is 0. The summed E-state index contributed by atoms with van der Waals surface area (Å²) >= 11 is -0.996. The van der Waals surface area contributed by atoms with Crippen molar-refractivity contribution in [2.75, 3.05) is 0 Å². The van der Waals surface area contributed by atoms with Crippen LogP contribution in [0, 0.1) is 0 Å². The zero-order valence-electron chi connectivity index (χ0n) is 20.6. The average molecular weight is 627 g/mol. The smallest absolute Gasteiger partial charge is 1.00 e. The molecule has 5 aromatic carbocycles. The summed E-state index contributed by atoms with van der Waals surface area (Å²) in [4.78, 5) is 0. The van der Waals surface area contributed by atoms with Crippen LogP contribution in [0.15, 0.2) is 139 Å². The Morgan fingerprint density at radius 2 is 0.895 bits per heavy atom. The number of fused-ring (bicyclic) bond motifs is 4. The van der Waals surface area contributed by atoms with E-state index >= 15 is 0 Å². The Balaban J connectivity index is 0.00000147. The van der Waals surface area contributed by atoms with Crippen molar-refractivity contribution in [2.45, 2.75) is 7.25 Å². The minimum absolute atomic E-state index is 0. The first-order valence-corrected chi connectivity index (χ1v) is 16.7. The first kappa shape index (κ1) is 27.3. The number of allylic oxidation sites excluding steroid dienone is 1. The zero-order valence-corrected chi connectivity index (χ0v) is 25.5. The van der Waals surface area contributed by atoms with Crippen molar-refractivity contribution < 1.29 is 48.0 Å². The van der Waals surface area contributed by atoms with Gasteiger partial charge in [-0.05, 0) is 0 Å². The van der Waals surface area contributed by atoms with Crippen molar-refractivity contribution in [3.05, 3.63) is 161 Å².